The molecule has 158 valence electrons. The van der Waals surface area contributed by atoms with Gasteiger partial charge in [-0.15, -0.1) is 0 Å². The molecular weight excluding hydrogens is 394 g/mol. The molecule has 1 atom stereocenters. The summed E-state index contributed by atoms with van der Waals surface area (Å²) in [6.07, 6.45) is -1.21. The van der Waals surface area contributed by atoms with Gasteiger partial charge in [0.2, 0.25) is 6.10 Å². The zero-order chi connectivity index (χ0) is 22.4. The lowest BCUT2D eigenvalue weighted by Gasteiger charge is -2.19. The highest BCUT2D eigenvalue weighted by atomic mass is 16.5. The van der Waals surface area contributed by atoms with Crippen LogP contribution in [0.5, 0.6) is 0 Å². The molecule has 0 fully saturated rings. The molecule has 1 N–H and O–H groups in total. The largest absolute Gasteiger partial charge is 0.465 e. The van der Waals surface area contributed by atoms with Crippen molar-refractivity contribution in [2.45, 2.75) is 20.0 Å². The normalized spacial score (nSPS) is 11.3. The lowest BCUT2D eigenvalue weighted by molar-refractivity contribution is -0.125. The molecule has 0 heterocycles. The molecule has 0 aliphatic heterocycles. The number of rotatable bonds is 6. The summed E-state index contributed by atoms with van der Waals surface area (Å²) in [6, 6.07) is 20.6. The molecule has 6 heteroatoms. The zero-order valence-corrected chi connectivity index (χ0v) is 17.5. The molecule has 1 unspecified atom stereocenters. The van der Waals surface area contributed by atoms with Crippen molar-refractivity contribution < 1.29 is 23.9 Å². The van der Waals surface area contributed by atoms with E-state index in [0.29, 0.717) is 11.3 Å². The average molecular weight is 417 g/mol. The van der Waals surface area contributed by atoms with Crippen molar-refractivity contribution in [3.8, 4) is 0 Å². The summed E-state index contributed by atoms with van der Waals surface area (Å²) in [5.74, 6) is -1.96. The number of carbonyl (C=O) groups excluding carboxylic acids is 3. The van der Waals surface area contributed by atoms with Crippen molar-refractivity contribution in [1.29, 1.82) is 0 Å². The fraction of sp³-hybridized carbons (Fsp3) is 0.160. The Hall–Kier alpha value is -3.93. The summed E-state index contributed by atoms with van der Waals surface area (Å²) >= 11 is 0. The Labute approximate surface area is 180 Å². The minimum Gasteiger partial charge on any atom is -0.465 e. The Kier molecular flexibility index (Phi) is 6.82. The number of esters is 2. The number of benzene rings is 3. The van der Waals surface area contributed by atoms with Crippen molar-refractivity contribution in [3.05, 3.63) is 101 Å². The van der Waals surface area contributed by atoms with Gasteiger partial charge in [0.25, 0.3) is 5.91 Å². The van der Waals surface area contributed by atoms with E-state index < -0.39 is 23.9 Å². The highest BCUT2D eigenvalue weighted by Gasteiger charge is 2.28. The van der Waals surface area contributed by atoms with E-state index in [0.717, 1.165) is 11.1 Å². The van der Waals surface area contributed by atoms with E-state index in [-0.39, 0.29) is 11.1 Å². The van der Waals surface area contributed by atoms with Gasteiger partial charge in [0.05, 0.1) is 18.2 Å². The third kappa shape index (κ3) is 5.17. The SMILES string of the molecule is COC(=O)c1ccccc1C(=O)OC(C(=O)Nc1cc(C)ccc1C)c1ccccc1. The Morgan fingerprint density at radius 3 is 2.06 bits per heavy atom. The second kappa shape index (κ2) is 9.71. The zero-order valence-electron chi connectivity index (χ0n) is 17.5. The second-order valence-electron chi connectivity index (χ2n) is 7.04. The van der Waals surface area contributed by atoms with E-state index in [1.54, 1.807) is 42.5 Å². The summed E-state index contributed by atoms with van der Waals surface area (Å²) in [4.78, 5) is 38.1. The number of amides is 1. The van der Waals surface area contributed by atoms with Crippen LogP contribution >= 0.6 is 0 Å². The summed E-state index contributed by atoms with van der Waals surface area (Å²) < 4.78 is 10.3. The van der Waals surface area contributed by atoms with Crippen molar-refractivity contribution in [1.82, 2.24) is 0 Å². The van der Waals surface area contributed by atoms with Gasteiger partial charge in [-0.2, -0.15) is 0 Å². The van der Waals surface area contributed by atoms with Gasteiger partial charge in [0.1, 0.15) is 0 Å². The van der Waals surface area contributed by atoms with Gasteiger partial charge < -0.3 is 14.8 Å². The van der Waals surface area contributed by atoms with E-state index in [9.17, 15) is 14.4 Å². The second-order valence-corrected chi connectivity index (χ2v) is 7.04. The molecule has 3 aromatic rings. The van der Waals surface area contributed by atoms with Crippen molar-refractivity contribution in [2.24, 2.45) is 0 Å². The first-order valence-corrected chi connectivity index (χ1v) is 9.72. The standard InChI is InChI=1S/C25H23NO5/c1-16-13-14-17(2)21(15-16)26-23(27)22(18-9-5-4-6-10-18)31-25(29)20-12-8-7-11-19(20)24(28)30-3/h4-15,22H,1-3H3,(H,26,27). The molecule has 3 rings (SSSR count). The molecule has 3 aromatic carbocycles. The Balaban J connectivity index is 1.92. The van der Waals surface area contributed by atoms with Crippen LogP contribution in [0, 0.1) is 13.8 Å². The van der Waals surface area contributed by atoms with Gasteiger partial charge >= 0.3 is 11.9 Å². The lowest BCUT2D eigenvalue weighted by atomic mass is 10.1. The molecule has 0 aliphatic rings. The minimum absolute atomic E-state index is 0.0230. The van der Waals surface area contributed by atoms with E-state index in [1.165, 1.54) is 19.2 Å². The number of hydrogen-bond donors (Lipinski definition) is 1. The molecule has 0 saturated carbocycles. The topological polar surface area (TPSA) is 81.7 Å². The third-order valence-corrected chi connectivity index (χ3v) is 4.77. The quantitative estimate of drug-likeness (QED) is 0.592. The fourth-order valence-electron chi connectivity index (χ4n) is 3.09. The predicted molar refractivity (Wildman–Crippen MR) is 117 cm³/mol. The van der Waals surface area contributed by atoms with E-state index in [4.69, 9.17) is 9.47 Å². The molecule has 0 aliphatic carbocycles. The van der Waals surface area contributed by atoms with Gasteiger partial charge in [-0.3, -0.25) is 4.79 Å². The van der Waals surface area contributed by atoms with Crippen LogP contribution in [0.2, 0.25) is 0 Å². The van der Waals surface area contributed by atoms with Crippen LogP contribution in [0.1, 0.15) is 43.5 Å². The van der Waals surface area contributed by atoms with Crippen LogP contribution < -0.4 is 5.32 Å². The molecule has 0 bridgehead atoms. The van der Waals surface area contributed by atoms with E-state index >= 15 is 0 Å². The number of hydrogen-bond acceptors (Lipinski definition) is 5. The van der Waals surface area contributed by atoms with Gasteiger partial charge in [0.15, 0.2) is 0 Å². The molecule has 1 amide bonds. The third-order valence-electron chi connectivity index (χ3n) is 4.77. The first-order valence-electron chi connectivity index (χ1n) is 9.72. The maximum absolute atomic E-state index is 13.1. The summed E-state index contributed by atoms with van der Waals surface area (Å²) in [6.45, 7) is 3.80. The minimum atomic E-state index is -1.21. The summed E-state index contributed by atoms with van der Waals surface area (Å²) in [5, 5.41) is 2.85. The van der Waals surface area contributed by atoms with Crippen molar-refractivity contribution in [3.63, 3.8) is 0 Å². The van der Waals surface area contributed by atoms with Crippen molar-refractivity contribution in [2.75, 3.05) is 12.4 Å². The highest BCUT2D eigenvalue weighted by molar-refractivity contribution is 6.04. The van der Waals surface area contributed by atoms with Crippen LogP contribution in [-0.2, 0) is 14.3 Å². The van der Waals surface area contributed by atoms with E-state index in [1.807, 2.05) is 32.0 Å². The molecule has 0 saturated heterocycles. The fourth-order valence-corrected chi connectivity index (χ4v) is 3.09. The first kappa shape index (κ1) is 21.8. The van der Waals surface area contributed by atoms with Gasteiger partial charge in [0, 0.05) is 11.3 Å². The Morgan fingerprint density at radius 1 is 0.806 bits per heavy atom. The van der Waals surface area contributed by atoms with Gasteiger partial charge in [-0.1, -0.05) is 54.6 Å². The van der Waals surface area contributed by atoms with Gasteiger partial charge in [-0.25, -0.2) is 9.59 Å². The highest BCUT2D eigenvalue weighted by Crippen LogP contribution is 2.24. The predicted octanol–water partition coefficient (Wildman–Crippen LogP) is 4.63. The molecular formula is C25H23NO5. The summed E-state index contributed by atoms with van der Waals surface area (Å²) in [5.41, 5.74) is 3.10. The Morgan fingerprint density at radius 2 is 1.42 bits per heavy atom. The maximum atomic E-state index is 13.1. The number of ether oxygens (including phenoxy) is 2. The van der Waals surface area contributed by atoms with Crippen LogP contribution in [-0.4, -0.2) is 25.0 Å². The molecule has 6 nitrogen and oxygen atoms in total. The van der Waals surface area contributed by atoms with Crippen molar-refractivity contribution >= 4 is 23.5 Å². The smallest absolute Gasteiger partial charge is 0.340 e. The number of methoxy groups -OCH3 is 1. The molecule has 0 aromatic heterocycles. The number of nitrogens with one attached hydrogen (secondary N) is 1. The number of aryl methyl sites for hydroxylation is 2. The van der Waals surface area contributed by atoms with Crippen LogP contribution in [0.4, 0.5) is 5.69 Å². The van der Waals surface area contributed by atoms with Crippen LogP contribution in [0.15, 0.2) is 72.8 Å². The van der Waals surface area contributed by atoms with Gasteiger partial charge in [-0.05, 0) is 43.2 Å². The lowest BCUT2D eigenvalue weighted by Crippen LogP contribution is -2.27. The van der Waals surface area contributed by atoms with Crippen LogP contribution in [0.3, 0.4) is 0 Å². The van der Waals surface area contributed by atoms with Crippen LogP contribution in [0.25, 0.3) is 0 Å². The maximum Gasteiger partial charge on any atom is 0.340 e. The monoisotopic (exact) mass is 417 g/mol. The first-order chi connectivity index (χ1) is 14.9. The summed E-state index contributed by atoms with van der Waals surface area (Å²) in [7, 11) is 1.23. The Bertz CT molecular complexity index is 1110. The molecule has 31 heavy (non-hydrogen) atoms. The number of anilines is 1. The molecule has 0 spiro atoms. The average Bonchev–Trinajstić information content (AvgIpc) is 2.79. The van der Waals surface area contributed by atoms with E-state index in [2.05, 4.69) is 5.32 Å². The number of carbonyl (C=O) groups is 3. The molecule has 0 radical (unpaired) electrons.